The highest BCUT2D eigenvalue weighted by Gasteiger charge is 2.32. The van der Waals surface area contributed by atoms with E-state index in [1.165, 1.54) is 6.20 Å². The number of aromatic nitrogens is 1. The first kappa shape index (κ1) is 13.9. The molecule has 1 aromatic heterocycles. The monoisotopic (exact) mass is 333 g/mol. The molecule has 1 unspecified atom stereocenters. The number of rotatable bonds is 4. The van der Waals surface area contributed by atoms with Crippen molar-refractivity contribution in [3.63, 3.8) is 0 Å². The summed E-state index contributed by atoms with van der Waals surface area (Å²) in [6.45, 7) is 2.01. The zero-order valence-electron chi connectivity index (χ0n) is 10.1. The summed E-state index contributed by atoms with van der Waals surface area (Å²) in [6, 6.07) is 1.59. The van der Waals surface area contributed by atoms with Crippen molar-refractivity contribution in [2.75, 3.05) is 26.7 Å². The van der Waals surface area contributed by atoms with Crippen molar-refractivity contribution in [2.24, 2.45) is 5.92 Å². The van der Waals surface area contributed by atoms with Crippen LogP contribution < -0.4 is 5.32 Å². The predicted molar refractivity (Wildman–Crippen MR) is 72.7 cm³/mol. The minimum absolute atomic E-state index is 0.252. The molecule has 0 amide bonds. The SMILES string of the molecule is CNCC1CCN(S(=O)(=O)c2cncc(Br)c2)C1. The van der Waals surface area contributed by atoms with E-state index < -0.39 is 10.0 Å². The number of hydrogen-bond donors (Lipinski definition) is 1. The molecule has 1 fully saturated rings. The van der Waals surface area contributed by atoms with Crippen LogP contribution in [0.2, 0.25) is 0 Å². The Balaban J connectivity index is 2.18. The normalized spacial score (nSPS) is 21.3. The average Bonchev–Trinajstić information content (AvgIpc) is 2.79. The quantitative estimate of drug-likeness (QED) is 0.895. The first-order valence-corrected chi connectivity index (χ1v) is 8.02. The summed E-state index contributed by atoms with van der Waals surface area (Å²) in [5, 5.41) is 3.09. The lowest BCUT2D eigenvalue weighted by Crippen LogP contribution is -2.30. The lowest BCUT2D eigenvalue weighted by atomic mass is 10.1. The van der Waals surface area contributed by atoms with E-state index in [4.69, 9.17) is 0 Å². The fourth-order valence-electron chi connectivity index (χ4n) is 2.15. The van der Waals surface area contributed by atoms with Crippen LogP contribution in [-0.4, -0.2) is 44.4 Å². The van der Waals surface area contributed by atoms with Gasteiger partial charge in [0.25, 0.3) is 0 Å². The molecule has 7 heteroatoms. The molecule has 0 bridgehead atoms. The Kier molecular flexibility index (Phi) is 4.37. The second kappa shape index (κ2) is 5.64. The van der Waals surface area contributed by atoms with Crippen LogP contribution in [0.1, 0.15) is 6.42 Å². The van der Waals surface area contributed by atoms with Crippen molar-refractivity contribution in [3.05, 3.63) is 22.9 Å². The van der Waals surface area contributed by atoms with Crippen LogP contribution in [0, 0.1) is 5.92 Å². The summed E-state index contributed by atoms with van der Waals surface area (Å²) in [4.78, 5) is 4.16. The third kappa shape index (κ3) is 2.90. The highest BCUT2D eigenvalue weighted by atomic mass is 79.9. The number of halogens is 1. The van der Waals surface area contributed by atoms with Crippen LogP contribution in [0.4, 0.5) is 0 Å². The van der Waals surface area contributed by atoms with Crippen molar-refractivity contribution >= 4 is 26.0 Å². The maximum absolute atomic E-state index is 12.4. The Hall–Kier alpha value is -0.500. The fourth-order valence-corrected chi connectivity index (χ4v) is 4.19. The zero-order valence-corrected chi connectivity index (χ0v) is 12.5. The second-order valence-electron chi connectivity index (χ2n) is 4.41. The van der Waals surface area contributed by atoms with Crippen LogP contribution in [0.5, 0.6) is 0 Å². The number of nitrogens with one attached hydrogen (secondary N) is 1. The molecule has 18 heavy (non-hydrogen) atoms. The van der Waals surface area contributed by atoms with Gasteiger partial charge in [-0.3, -0.25) is 4.98 Å². The van der Waals surface area contributed by atoms with E-state index in [1.807, 2.05) is 7.05 Å². The van der Waals surface area contributed by atoms with Gasteiger partial charge >= 0.3 is 0 Å². The fraction of sp³-hybridized carbons (Fsp3) is 0.545. The summed E-state index contributed by atoms with van der Waals surface area (Å²) in [5.41, 5.74) is 0. The number of sulfonamides is 1. The topological polar surface area (TPSA) is 62.3 Å². The van der Waals surface area contributed by atoms with Crippen molar-refractivity contribution < 1.29 is 8.42 Å². The summed E-state index contributed by atoms with van der Waals surface area (Å²) in [5.74, 6) is 0.393. The molecule has 1 aromatic rings. The van der Waals surface area contributed by atoms with Crippen molar-refractivity contribution in [1.29, 1.82) is 0 Å². The van der Waals surface area contributed by atoms with Gasteiger partial charge in [0.2, 0.25) is 10.0 Å². The van der Waals surface area contributed by atoms with E-state index >= 15 is 0 Å². The van der Waals surface area contributed by atoms with Crippen molar-refractivity contribution in [3.8, 4) is 0 Å². The first-order valence-electron chi connectivity index (χ1n) is 5.79. The molecule has 2 rings (SSSR count). The Bertz CT molecular complexity index is 521. The van der Waals surface area contributed by atoms with Gasteiger partial charge in [-0.15, -0.1) is 0 Å². The van der Waals surface area contributed by atoms with E-state index in [2.05, 4.69) is 26.2 Å². The van der Waals surface area contributed by atoms with E-state index in [9.17, 15) is 8.42 Å². The molecular weight excluding hydrogens is 318 g/mol. The van der Waals surface area contributed by atoms with Gasteiger partial charge in [-0.2, -0.15) is 4.31 Å². The highest BCUT2D eigenvalue weighted by Crippen LogP contribution is 2.24. The molecule has 1 saturated heterocycles. The Morgan fingerprint density at radius 3 is 3.00 bits per heavy atom. The minimum Gasteiger partial charge on any atom is -0.319 e. The Morgan fingerprint density at radius 1 is 1.56 bits per heavy atom. The molecule has 100 valence electrons. The third-order valence-corrected chi connectivity index (χ3v) is 5.32. The molecule has 5 nitrogen and oxygen atoms in total. The van der Waals surface area contributed by atoms with Crippen LogP contribution in [0.15, 0.2) is 27.8 Å². The molecule has 0 radical (unpaired) electrons. The molecule has 1 aliphatic rings. The molecule has 0 saturated carbocycles. The summed E-state index contributed by atoms with van der Waals surface area (Å²) in [6.07, 6.45) is 3.87. The van der Waals surface area contributed by atoms with Gasteiger partial charge in [0.1, 0.15) is 4.90 Å². The lowest BCUT2D eigenvalue weighted by molar-refractivity contribution is 0.451. The molecular formula is C11H16BrN3O2S. The lowest BCUT2D eigenvalue weighted by Gasteiger charge is -2.16. The molecule has 1 aliphatic heterocycles. The van der Waals surface area contributed by atoms with Crippen molar-refractivity contribution in [2.45, 2.75) is 11.3 Å². The van der Waals surface area contributed by atoms with Gasteiger partial charge in [-0.1, -0.05) is 0 Å². The third-order valence-electron chi connectivity index (χ3n) is 3.06. The van der Waals surface area contributed by atoms with Gasteiger partial charge in [0.15, 0.2) is 0 Å². The van der Waals surface area contributed by atoms with Crippen molar-refractivity contribution in [1.82, 2.24) is 14.6 Å². The Morgan fingerprint density at radius 2 is 2.33 bits per heavy atom. The smallest absolute Gasteiger partial charge is 0.244 e. The van der Waals surface area contributed by atoms with Crippen LogP contribution >= 0.6 is 15.9 Å². The summed E-state index contributed by atoms with van der Waals surface area (Å²) in [7, 11) is -1.52. The number of nitrogens with zero attached hydrogens (tertiary/aromatic N) is 2. The van der Waals surface area contributed by atoms with E-state index in [0.717, 1.165) is 13.0 Å². The van der Waals surface area contributed by atoms with Gasteiger partial charge in [0, 0.05) is 30.0 Å². The van der Waals surface area contributed by atoms with Gasteiger partial charge in [-0.05, 0) is 47.9 Å². The van der Waals surface area contributed by atoms with Crippen LogP contribution in [0.3, 0.4) is 0 Å². The molecule has 1 atom stereocenters. The highest BCUT2D eigenvalue weighted by molar-refractivity contribution is 9.10. The zero-order chi connectivity index (χ0) is 13.2. The molecule has 0 aromatic carbocycles. The van der Waals surface area contributed by atoms with Crippen LogP contribution in [-0.2, 0) is 10.0 Å². The standard InChI is InChI=1S/C11H16BrN3O2S/c1-13-5-9-2-3-15(8-9)18(16,17)11-4-10(12)6-14-7-11/h4,6-7,9,13H,2-3,5,8H2,1H3. The minimum atomic E-state index is -3.40. The first-order chi connectivity index (χ1) is 8.54. The number of hydrogen-bond acceptors (Lipinski definition) is 4. The van der Waals surface area contributed by atoms with Gasteiger partial charge in [-0.25, -0.2) is 8.42 Å². The van der Waals surface area contributed by atoms with E-state index in [-0.39, 0.29) is 4.90 Å². The van der Waals surface area contributed by atoms with Crippen LogP contribution in [0.25, 0.3) is 0 Å². The van der Waals surface area contributed by atoms with Gasteiger partial charge < -0.3 is 5.32 Å². The maximum atomic E-state index is 12.4. The summed E-state index contributed by atoms with van der Waals surface area (Å²) < 4.78 is 27.0. The van der Waals surface area contributed by atoms with E-state index in [1.54, 1.807) is 16.6 Å². The Labute approximate surface area is 116 Å². The molecule has 2 heterocycles. The average molecular weight is 334 g/mol. The maximum Gasteiger partial charge on any atom is 0.244 e. The largest absolute Gasteiger partial charge is 0.319 e. The summed E-state index contributed by atoms with van der Waals surface area (Å²) >= 11 is 3.24. The predicted octanol–water partition coefficient (Wildman–Crippen LogP) is 1.07. The molecule has 1 N–H and O–H groups in total. The number of pyridine rings is 1. The molecule has 0 spiro atoms. The van der Waals surface area contributed by atoms with E-state index in [0.29, 0.717) is 23.5 Å². The second-order valence-corrected chi connectivity index (χ2v) is 7.27. The molecule has 0 aliphatic carbocycles. The van der Waals surface area contributed by atoms with Gasteiger partial charge in [0.05, 0.1) is 0 Å².